The second-order valence-electron chi connectivity index (χ2n) is 10.4. The molecule has 284 valence electrons. The van der Waals surface area contributed by atoms with Crippen molar-refractivity contribution >= 4 is 17.7 Å². The van der Waals surface area contributed by atoms with Crippen molar-refractivity contribution in [1.82, 2.24) is 16.0 Å². The van der Waals surface area contributed by atoms with Crippen LogP contribution in [0.4, 0.5) is 0 Å². The topological polar surface area (TPSA) is 196 Å². The van der Waals surface area contributed by atoms with Gasteiger partial charge in [-0.15, -0.1) is 19.3 Å². The highest BCUT2D eigenvalue weighted by Gasteiger charge is 2.27. The number of ether oxygens (including phenoxy) is 9. The van der Waals surface area contributed by atoms with Crippen molar-refractivity contribution in [2.45, 2.75) is 24.8 Å². The lowest BCUT2D eigenvalue weighted by molar-refractivity contribution is -0.123. The fourth-order valence-electron chi connectivity index (χ4n) is 3.55. The highest BCUT2D eigenvalue weighted by molar-refractivity contribution is 5.76. The van der Waals surface area contributed by atoms with E-state index in [0.29, 0.717) is 79.1 Å². The van der Waals surface area contributed by atoms with Gasteiger partial charge in [0.1, 0.15) is 19.8 Å². The highest BCUT2D eigenvalue weighted by Crippen LogP contribution is 2.06. The number of hydrogen-bond acceptors (Lipinski definition) is 13. The molecule has 0 heterocycles. The maximum atomic E-state index is 12.1. The van der Waals surface area contributed by atoms with Gasteiger partial charge in [0, 0.05) is 38.9 Å². The summed E-state index contributed by atoms with van der Waals surface area (Å²) in [6.07, 6.45) is 15.6. The maximum absolute atomic E-state index is 12.1. The molecule has 0 bridgehead atoms. The molecule has 0 saturated carbocycles. The smallest absolute Gasteiger partial charge is 0.222 e. The van der Waals surface area contributed by atoms with Crippen LogP contribution in [-0.4, -0.2) is 162 Å². The van der Waals surface area contributed by atoms with E-state index in [4.69, 9.17) is 67.6 Å². The van der Waals surface area contributed by atoms with Crippen LogP contribution >= 0.6 is 0 Å². The van der Waals surface area contributed by atoms with Gasteiger partial charge in [-0.1, -0.05) is 17.8 Å². The van der Waals surface area contributed by atoms with Crippen LogP contribution in [0.2, 0.25) is 0 Å². The first-order valence-electron chi connectivity index (χ1n) is 16.5. The first-order chi connectivity index (χ1) is 24.4. The van der Waals surface area contributed by atoms with E-state index in [9.17, 15) is 14.4 Å². The van der Waals surface area contributed by atoms with Crippen molar-refractivity contribution in [2.75, 3.05) is 139 Å². The van der Waals surface area contributed by atoms with E-state index < -0.39 is 5.54 Å². The molecular formula is C34H56N4O12. The normalized spacial score (nSPS) is 10.9. The third kappa shape index (κ3) is 33.2. The van der Waals surface area contributed by atoms with Crippen molar-refractivity contribution in [3.05, 3.63) is 0 Å². The van der Waals surface area contributed by atoms with Gasteiger partial charge in [-0.3, -0.25) is 14.4 Å². The van der Waals surface area contributed by atoms with Crippen molar-refractivity contribution in [1.29, 1.82) is 0 Å². The monoisotopic (exact) mass is 712 g/mol. The summed E-state index contributed by atoms with van der Waals surface area (Å²) in [5.41, 5.74) is 5.42. The predicted octanol–water partition coefficient (Wildman–Crippen LogP) is -1.75. The standard InChI is InChI=1S/C34H56N4O12/c1-4-13-42-22-25-45-19-10-36-31(39)7-16-48-28-34(35,29-49-17-8-32(40)37-11-20-46-26-23-43-14-5-2)30-50-18-9-33(41)38-12-21-47-27-24-44-15-6-3/h1-3H,7-30,35H2,(H,36,39)(H,37,40)(H,38,41). The summed E-state index contributed by atoms with van der Waals surface area (Å²) in [7, 11) is 0. The molecule has 0 spiro atoms. The quantitative estimate of drug-likeness (QED) is 0.0422. The Morgan fingerprint density at radius 3 is 1.00 bits per heavy atom. The average Bonchev–Trinajstić information content (AvgIpc) is 3.10. The summed E-state index contributed by atoms with van der Waals surface area (Å²) >= 11 is 0. The van der Waals surface area contributed by atoms with Crippen LogP contribution in [0.5, 0.6) is 0 Å². The van der Waals surface area contributed by atoms with Gasteiger partial charge in [-0.25, -0.2) is 0 Å². The lowest BCUT2D eigenvalue weighted by Gasteiger charge is -2.29. The summed E-state index contributed by atoms with van der Waals surface area (Å²) in [4.78, 5) is 36.4. The van der Waals surface area contributed by atoms with Crippen LogP contribution in [-0.2, 0) is 57.0 Å². The van der Waals surface area contributed by atoms with Crippen molar-refractivity contribution in [2.24, 2.45) is 5.73 Å². The van der Waals surface area contributed by atoms with Gasteiger partial charge in [-0.05, 0) is 0 Å². The third-order valence-electron chi connectivity index (χ3n) is 5.97. The van der Waals surface area contributed by atoms with Crippen LogP contribution in [0.15, 0.2) is 0 Å². The zero-order valence-electron chi connectivity index (χ0n) is 29.2. The maximum Gasteiger partial charge on any atom is 0.222 e. The lowest BCUT2D eigenvalue weighted by atomic mass is 10.1. The van der Waals surface area contributed by atoms with Crippen LogP contribution in [0, 0.1) is 37.0 Å². The molecule has 0 atom stereocenters. The van der Waals surface area contributed by atoms with Gasteiger partial charge in [0.05, 0.1) is 105 Å². The summed E-state index contributed by atoms with van der Waals surface area (Å²) in [6, 6.07) is 0. The summed E-state index contributed by atoms with van der Waals surface area (Å²) in [5.74, 6) is 6.45. The van der Waals surface area contributed by atoms with Gasteiger partial charge in [0.15, 0.2) is 0 Å². The van der Waals surface area contributed by atoms with Crippen LogP contribution in [0.25, 0.3) is 0 Å². The minimum absolute atomic E-state index is 0.00420. The van der Waals surface area contributed by atoms with Gasteiger partial charge < -0.3 is 64.3 Å². The van der Waals surface area contributed by atoms with E-state index in [0.717, 1.165) is 0 Å². The molecule has 3 amide bonds. The molecule has 0 aliphatic heterocycles. The van der Waals surface area contributed by atoms with Crippen LogP contribution < -0.4 is 21.7 Å². The number of nitrogens with two attached hydrogens (primary N) is 1. The molecule has 0 aromatic carbocycles. The molecule has 0 radical (unpaired) electrons. The molecule has 0 fully saturated rings. The molecule has 0 aromatic heterocycles. The lowest BCUT2D eigenvalue weighted by Crippen LogP contribution is -2.53. The molecule has 16 nitrogen and oxygen atoms in total. The van der Waals surface area contributed by atoms with Crippen LogP contribution in [0.1, 0.15) is 19.3 Å². The second kappa shape index (κ2) is 35.5. The number of carbonyl (C=O) groups is 3. The average molecular weight is 713 g/mol. The molecule has 0 unspecified atom stereocenters. The minimum atomic E-state index is -1.11. The molecular weight excluding hydrogens is 656 g/mol. The summed E-state index contributed by atoms with van der Waals surface area (Å²) < 4.78 is 48.4. The number of nitrogens with one attached hydrogen (secondary N) is 3. The highest BCUT2D eigenvalue weighted by atomic mass is 16.5. The van der Waals surface area contributed by atoms with Crippen molar-refractivity contribution in [3.63, 3.8) is 0 Å². The van der Waals surface area contributed by atoms with Gasteiger partial charge in [-0.2, -0.15) is 0 Å². The van der Waals surface area contributed by atoms with E-state index in [2.05, 4.69) is 33.7 Å². The Labute approximate surface area is 296 Å². The van der Waals surface area contributed by atoms with Crippen molar-refractivity contribution < 1.29 is 57.0 Å². The zero-order chi connectivity index (χ0) is 36.8. The Morgan fingerprint density at radius 1 is 0.440 bits per heavy atom. The van der Waals surface area contributed by atoms with Gasteiger partial charge in [0.2, 0.25) is 17.7 Å². The Balaban J connectivity index is 4.43. The molecule has 0 aromatic rings. The molecule has 0 saturated heterocycles. The number of terminal acetylenes is 3. The van der Waals surface area contributed by atoms with Gasteiger partial charge >= 0.3 is 0 Å². The molecule has 0 aliphatic carbocycles. The Kier molecular flexibility index (Phi) is 33.2. The first kappa shape index (κ1) is 46.7. The third-order valence-corrected chi connectivity index (χ3v) is 5.97. The van der Waals surface area contributed by atoms with E-state index in [1.54, 1.807) is 0 Å². The molecule has 0 rings (SSSR count). The van der Waals surface area contributed by atoms with Gasteiger partial charge in [0.25, 0.3) is 0 Å². The Bertz CT molecular complexity index is 875. The zero-order valence-corrected chi connectivity index (χ0v) is 29.2. The number of amides is 3. The minimum Gasteiger partial charge on any atom is -0.379 e. The molecule has 50 heavy (non-hydrogen) atoms. The van der Waals surface area contributed by atoms with E-state index in [1.807, 2.05) is 0 Å². The first-order valence-corrected chi connectivity index (χ1v) is 16.5. The second-order valence-corrected chi connectivity index (χ2v) is 10.4. The summed E-state index contributed by atoms with van der Waals surface area (Å²) in [5, 5.41) is 8.21. The molecule has 16 heteroatoms. The fourth-order valence-corrected chi connectivity index (χ4v) is 3.55. The number of carbonyl (C=O) groups excluding carboxylic acids is 3. The predicted molar refractivity (Wildman–Crippen MR) is 184 cm³/mol. The largest absolute Gasteiger partial charge is 0.379 e. The SMILES string of the molecule is C#CCOCCOCCNC(=O)CCOCC(N)(COCCC(=O)NCCOCCOCC#C)COCCC(=O)NCCOCCOCC#C. The van der Waals surface area contributed by atoms with E-state index >= 15 is 0 Å². The van der Waals surface area contributed by atoms with E-state index in [1.165, 1.54) is 0 Å². The Morgan fingerprint density at radius 2 is 0.720 bits per heavy atom. The molecule has 5 N–H and O–H groups in total. The Hall–Kier alpha value is -3.31. The molecule has 0 aliphatic rings. The van der Waals surface area contributed by atoms with Crippen LogP contribution in [0.3, 0.4) is 0 Å². The van der Waals surface area contributed by atoms with Crippen molar-refractivity contribution in [3.8, 4) is 37.0 Å². The summed E-state index contributed by atoms with van der Waals surface area (Å²) in [6.45, 7) is 5.25. The number of rotatable bonds is 36. The number of hydrogen-bond donors (Lipinski definition) is 4. The van der Waals surface area contributed by atoms with E-state index in [-0.39, 0.29) is 96.4 Å². The fraction of sp³-hybridized carbons (Fsp3) is 0.735.